The van der Waals surface area contributed by atoms with Crippen molar-refractivity contribution in [3.63, 3.8) is 0 Å². The number of anilines is 1. The quantitative estimate of drug-likeness (QED) is 0.724. The second kappa shape index (κ2) is 8.91. The van der Waals surface area contributed by atoms with Gasteiger partial charge in [-0.25, -0.2) is 13.6 Å². The summed E-state index contributed by atoms with van der Waals surface area (Å²) in [6.07, 6.45) is -1.07. The van der Waals surface area contributed by atoms with Crippen molar-refractivity contribution in [1.82, 2.24) is 4.90 Å². The van der Waals surface area contributed by atoms with Crippen molar-refractivity contribution >= 4 is 11.7 Å². The number of aliphatic hydroxyl groups is 1. The Balaban J connectivity index is 2.76. The lowest BCUT2D eigenvalue weighted by atomic mass is 10.3. The molecule has 116 valence electrons. The molecule has 1 rings (SSSR count). The summed E-state index contributed by atoms with van der Waals surface area (Å²) in [5, 5.41) is 11.5. The summed E-state index contributed by atoms with van der Waals surface area (Å²) in [6, 6.07) is 5.82. The Morgan fingerprint density at radius 1 is 1.48 bits per heavy atom. The van der Waals surface area contributed by atoms with Gasteiger partial charge in [0.15, 0.2) is 0 Å². The third kappa shape index (κ3) is 5.78. The Kier molecular flexibility index (Phi) is 7.17. The molecule has 0 aromatic heterocycles. The summed E-state index contributed by atoms with van der Waals surface area (Å²) in [5.74, 6) is 0.161. The minimum absolute atomic E-state index is 0.137. The van der Waals surface area contributed by atoms with E-state index in [1.54, 1.807) is 18.2 Å². The third-order valence-electron chi connectivity index (χ3n) is 2.50. The van der Waals surface area contributed by atoms with Crippen molar-refractivity contribution in [2.24, 2.45) is 0 Å². The molecule has 0 heterocycles. The second-order valence-corrected chi connectivity index (χ2v) is 4.09. The van der Waals surface area contributed by atoms with Crippen LogP contribution in [0.3, 0.4) is 0 Å². The number of nitrogens with zero attached hydrogens (tertiary/aromatic N) is 1. The molecule has 7 heteroatoms. The lowest BCUT2D eigenvalue weighted by Crippen LogP contribution is -2.37. The second-order valence-electron chi connectivity index (χ2n) is 4.09. The van der Waals surface area contributed by atoms with Crippen LogP contribution in [0.2, 0.25) is 0 Å². The van der Waals surface area contributed by atoms with Gasteiger partial charge in [-0.15, -0.1) is 6.58 Å². The molecule has 2 amide bonds. The lowest BCUT2D eigenvalue weighted by molar-refractivity contribution is 0.0822. The van der Waals surface area contributed by atoms with Crippen LogP contribution in [-0.4, -0.2) is 48.8 Å². The molecule has 1 aromatic carbocycles. The van der Waals surface area contributed by atoms with Crippen molar-refractivity contribution < 1.29 is 23.4 Å². The number of benzene rings is 1. The third-order valence-corrected chi connectivity index (χ3v) is 2.50. The molecule has 0 aliphatic heterocycles. The number of rotatable bonds is 8. The van der Waals surface area contributed by atoms with Crippen molar-refractivity contribution in [1.29, 1.82) is 0 Å². The number of carbonyl (C=O) groups is 1. The van der Waals surface area contributed by atoms with Gasteiger partial charge in [-0.1, -0.05) is 18.2 Å². The summed E-state index contributed by atoms with van der Waals surface area (Å²) < 4.78 is 29.3. The predicted molar refractivity (Wildman–Crippen MR) is 75.8 cm³/mol. The zero-order chi connectivity index (χ0) is 15.7. The fourth-order valence-electron chi connectivity index (χ4n) is 1.60. The van der Waals surface area contributed by atoms with E-state index in [9.17, 15) is 13.6 Å². The molecule has 0 bridgehead atoms. The normalized spacial score (nSPS) is 10.3. The van der Waals surface area contributed by atoms with E-state index in [4.69, 9.17) is 9.84 Å². The lowest BCUT2D eigenvalue weighted by Gasteiger charge is -2.21. The fraction of sp³-hybridized carbons (Fsp3) is 0.357. The minimum atomic E-state index is -2.60. The highest BCUT2D eigenvalue weighted by molar-refractivity contribution is 5.91. The van der Waals surface area contributed by atoms with Gasteiger partial charge in [-0.05, 0) is 12.1 Å². The topological polar surface area (TPSA) is 61.8 Å². The molecule has 0 spiro atoms. The number of carbonyl (C=O) groups excluding carboxylic acids is 1. The molecule has 0 saturated heterocycles. The van der Waals surface area contributed by atoms with Crippen molar-refractivity contribution in [2.75, 3.05) is 31.6 Å². The van der Waals surface area contributed by atoms with E-state index in [1.807, 2.05) is 0 Å². The number of amides is 2. The molecule has 21 heavy (non-hydrogen) atoms. The van der Waals surface area contributed by atoms with Crippen LogP contribution >= 0.6 is 0 Å². The van der Waals surface area contributed by atoms with Crippen molar-refractivity contribution in [2.45, 2.75) is 6.43 Å². The van der Waals surface area contributed by atoms with Gasteiger partial charge < -0.3 is 20.1 Å². The van der Waals surface area contributed by atoms with Crippen LogP contribution < -0.4 is 10.1 Å². The molecular weight excluding hydrogens is 282 g/mol. The summed E-state index contributed by atoms with van der Waals surface area (Å²) in [5.41, 5.74) is 0.287. The van der Waals surface area contributed by atoms with E-state index in [0.29, 0.717) is 0 Å². The van der Waals surface area contributed by atoms with Crippen LogP contribution in [0.15, 0.2) is 36.9 Å². The highest BCUT2D eigenvalue weighted by Gasteiger charge is 2.14. The average molecular weight is 300 g/mol. The van der Waals surface area contributed by atoms with Crippen LogP contribution in [0.25, 0.3) is 0 Å². The molecule has 0 atom stereocenters. The van der Waals surface area contributed by atoms with Crippen molar-refractivity contribution in [3.05, 3.63) is 36.9 Å². The van der Waals surface area contributed by atoms with E-state index in [1.165, 1.54) is 17.0 Å². The fourth-order valence-corrected chi connectivity index (χ4v) is 1.60. The van der Waals surface area contributed by atoms with Gasteiger partial charge in [-0.2, -0.15) is 0 Å². The van der Waals surface area contributed by atoms with Crippen LogP contribution in [0.5, 0.6) is 5.75 Å². The van der Waals surface area contributed by atoms with E-state index in [0.717, 1.165) is 0 Å². The van der Waals surface area contributed by atoms with Gasteiger partial charge in [0.25, 0.3) is 6.43 Å². The highest BCUT2D eigenvalue weighted by Crippen LogP contribution is 2.24. The summed E-state index contributed by atoms with van der Waals surface area (Å²) in [6.45, 7) is 2.98. The van der Waals surface area contributed by atoms with Gasteiger partial charge in [0.05, 0.1) is 12.3 Å². The first-order chi connectivity index (χ1) is 10.1. The number of alkyl halides is 2. The van der Waals surface area contributed by atoms with Crippen LogP contribution in [0, 0.1) is 0 Å². The predicted octanol–water partition coefficient (Wildman–Crippen LogP) is 2.34. The molecule has 0 aliphatic carbocycles. The smallest absolute Gasteiger partial charge is 0.322 e. The monoisotopic (exact) mass is 300 g/mol. The van der Waals surface area contributed by atoms with Crippen LogP contribution in [0.4, 0.5) is 19.3 Å². The Hall–Kier alpha value is -2.15. The first kappa shape index (κ1) is 16.9. The molecule has 2 N–H and O–H groups in total. The maximum atomic E-state index is 12.2. The van der Waals surface area contributed by atoms with Crippen molar-refractivity contribution in [3.8, 4) is 5.75 Å². The zero-order valence-corrected chi connectivity index (χ0v) is 11.5. The molecule has 0 aliphatic rings. The van der Waals surface area contributed by atoms with Gasteiger partial charge in [-0.3, -0.25) is 0 Å². The largest absolute Gasteiger partial charge is 0.485 e. The molecule has 0 radical (unpaired) electrons. The highest BCUT2D eigenvalue weighted by atomic mass is 19.3. The number of halogens is 2. The Labute approximate surface area is 121 Å². The Morgan fingerprint density at radius 2 is 2.19 bits per heavy atom. The molecule has 0 unspecified atom stereocenters. The number of para-hydroxylation sites is 2. The Bertz CT molecular complexity index is 469. The van der Waals surface area contributed by atoms with E-state index in [2.05, 4.69) is 11.9 Å². The number of ether oxygens (including phenoxy) is 1. The van der Waals surface area contributed by atoms with Gasteiger partial charge in [0, 0.05) is 13.1 Å². The van der Waals surface area contributed by atoms with Crippen LogP contribution in [0.1, 0.15) is 0 Å². The van der Waals surface area contributed by atoms with E-state index in [-0.39, 0.29) is 31.1 Å². The number of aliphatic hydroxyl groups excluding tert-OH is 1. The number of hydrogen-bond donors (Lipinski definition) is 2. The molecular formula is C14H18F2N2O3. The molecule has 0 fully saturated rings. The van der Waals surface area contributed by atoms with Gasteiger partial charge in [0.1, 0.15) is 12.4 Å². The van der Waals surface area contributed by atoms with Crippen LogP contribution in [-0.2, 0) is 0 Å². The molecule has 5 nitrogen and oxygen atoms in total. The summed E-state index contributed by atoms with van der Waals surface area (Å²) >= 11 is 0. The zero-order valence-electron chi connectivity index (χ0n) is 11.5. The summed E-state index contributed by atoms with van der Waals surface area (Å²) in [4.78, 5) is 13.4. The van der Waals surface area contributed by atoms with E-state index < -0.39 is 19.1 Å². The van der Waals surface area contributed by atoms with Gasteiger partial charge in [0.2, 0.25) is 0 Å². The first-order valence-electron chi connectivity index (χ1n) is 6.36. The number of nitrogens with one attached hydrogen (secondary N) is 1. The Morgan fingerprint density at radius 3 is 2.81 bits per heavy atom. The average Bonchev–Trinajstić information content (AvgIpc) is 2.46. The standard InChI is InChI=1S/C14H18F2N2O3/c1-2-7-18(8-9-19)14(20)17-11-5-3-4-6-12(11)21-10-13(15)16/h2-6,13,19H,1,7-10H2,(H,17,20). The number of hydrogen-bond acceptors (Lipinski definition) is 3. The molecule has 0 saturated carbocycles. The SMILES string of the molecule is C=CCN(CCO)C(=O)Nc1ccccc1OCC(F)F. The molecule has 1 aromatic rings. The van der Waals surface area contributed by atoms with E-state index >= 15 is 0 Å². The maximum absolute atomic E-state index is 12.2. The number of urea groups is 1. The van der Waals surface area contributed by atoms with Gasteiger partial charge >= 0.3 is 6.03 Å². The minimum Gasteiger partial charge on any atom is -0.485 e. The summed E-state index contributed by atoms with van der Waals surface area (Å²) in [7, 11) is 0. The maximum Gasteiger partial charge on any atom is 0.322 e. The first-order valence-corrected chi connectivity index (χ1v) is 6.36.